The Labute approximate surface area is 115 Å². The highest BCUT2D eigenvalue weighted by Gasteiger charge is 2.22. The largest absolute Gasteiger partial charge is 0.395 e. The lowest BCUT2D eigenvalue weighted by molar-refractivity contribution is 0.184. The van der Waals surface area contributed by atoms with E-state index in [1.807, 2.05) is 0 Å². The molecule has 0 unspecified atom stereocenters. The summed E-state index contributed by atoms with van der Waals surface area (Å²) in [5.74, 6) is 0. The number of hydrogen-bond donors (Lipinski definition) is 1. The van der Waals surface area contributed by atoms with E-state index < -0.39 is 0 Å². The standard InChI is InChI=1S/C14H17BrN2O/c1-16-13-4-5-17(6-7-18)9-12(13)11-3-2-10(15)8-14(11)16/h2-3,8,18H,4-7,9H2,1H3. The lowest BCUT2D eigenvalue weighted by Gasteiger charge is -2.26. The first-order chi connectivity index (χ1) is 8.70. The molecule has 0 saturated carbocycles. The van der Waals surface area contributed by atoms with Gasteiger partial charge in [-0.05, 0) is 17.7 Å². The SMILES string of the molecule is Cn1c2c(c3ccc(Br)cc31)CN(CCO)CC2. The third-order valence-corrected chi connectivity index (χ3v) is 4.36. The molecular formula is C14H17BrN2O. The summed E-state index contributed by atoms with van der Waals surface area (Å²) < 4.78 is 3.44. The van der Waals surface area contributed by atoms with Crippen LogP contribution in [0.5, 0.6) is 0 Å². The fraction of sp³-hybridized carbons (Fsp3) is 0.429. The minimum Gasteiger partial charge on any atom is -0.395 e. The molecule has 3 nitrogen and oxygen atoms in total. The third kappa shape index (κ3) is 1.88. The maximum atomic E-state index is 9.07. The molecule has 4 heteroatoms. The molecule has 1 aromatic heterocycles. The fourth-order valence-corrected chi connectivity index (χ4v) is 3.28. The molecule has 2 heterocycles. The summed E-state index contributed by atoms with van der Waals surface area (Å²) in [5, 5.41) is 10.4. The van der Waals surface area contributed by atoms with Crippen LogP contribution in [0.2, 0.25) is 0 Å². The van der Waals surface area contributed by atoms with Gasteiger partial charge in [0.1, 0.15) is 0 Å². The number of halogens is 1. The number of hydrogen-bond acceptors (Lipinski definition) is 2. The smallest absolute Gasteiger partial charge is 0.0558 e. The van der Waals surface area contributed by atoms with Crippen LogP contribution in [0.15, 0.2) is 22.7 Å². The average molecular weight is 309 g/mol. The normalized spacial score (nSPS) is 16.2. The molecule has 1 aromatic carbocycles. The van der Waals surface area contributed by atoms with E-state index >= 15 is 0 Å². The number of aromatic nitrogens is 1. The topological polar surface area (TPSA) is 28.4 Å². The van der Waals surface area contributed by atoms with Crippen molar-refractivity contribution < 1.29 is 5.11 Å². The van der Waals surface area contributed by atoms with E-state index in [-0.39, 0.29) is 6.61 Å². The first kappa shape index (κ1) is 12.2. The lowest BCUT2D eigenvalue weighted by Crippen LogP contribution is -2.33. The summed E-state index contributed by atoms with van der Waals surface area (Å²) in [7, 11) is 2.15. The van der Waals surface area contributed by atoms with Gasteiger partial charge in [0.15, 0.2) is 0 Å². The van der Waals surface area contributed by atoms with Crippen LogP contribution in [0.3, 0.4) is 0 Å². The van der Waals surface area contributed by atoms with E-state index in [0.717, 1.165) is 30.5 Å². The van der Waals surface area contributed by atoms with Crippen molar-refractivity contribution in [2.24, 2.45) is 7.05 Å². The van der Waals surface area contributed by atoms with E-state index in [1.54, 1.807) is 0 Å². The van der Waals surface area contributed by atoms with Crippen molar-refractivity contribution in [2.75, 3.05) is 19.7 Å². The van der Waals surface area contributed by atoms with Crippen LogP contribution >= 0.6 is 15.9 Å². The molecular weight excluding hydrogens is 292 g/mol. The molecule has 1 N–H and O–H groups in total. The Kier molecular flexibility index (Phi) is 3.18. The number of β-amino-alcohol motifs (C(OH)–C–C–N with tert-alkyl or cyclic N) is 1. The highest BCUT2D eigenvalue weighted by molar-refractivity contribution is 9.10. The highest BCUT2D eigenvalue weighted by Crippen LogP contribution is 2.31. The maximum Gasteiger partial charge on any atom is 0.0558 e. The van der Waals surface area contributed by atoms with Crippen molar-refractivity contribution in [2.45, 2.75) is 13.0 Å². The second-order valence-electron chi connectivity index (χ2n) is 4.90. The summed E-state index contributed by atoms with van der Waals surface area (Å²) in [6.07, 6.45) is 1.07. The number of benzene rings is 1. The van der Waals surface area contributed by atoms with Crippen molar-refractivity contribution in [3.8, 4) is 0 Å². The fourth-order valence-electron chi connectivity index (χ4n) is 2.93. The van der Waals surface area contributed by atoms with Gasteiger partial charge in [0.05, 0.1) is 6.61 Å². The zero-order valence-electron chi connectivity index (χ0n) is 10.5. The van der Waals surface area contributed by atoms with Gasteiger partial charge < -0.3 is 9.67 Å². The number of nitrogens with zero attached hydrogens (tertiary/aromatic N) is 2. The van der Waals surface area contributed by atoms with E-state index in [9.17, 15) is 0 Å². The summed E-state index contributed by atoms with van der Waals surface area (Å²) in [6.45, 7) is 3.01. The minimum absolute atomic E-state index is 0.242. The van der Waals surface area contributed by atoms with Crippen LogP contribution in [0.1, 0.15) is 11.3 Å². The van der Waals surface area contributed by atoms with Gasteiger partial charge in [-0.15, -0.1) is 0 Å². The molecule has 0 fully saturated rings. The molecule has 96 valence electrons. The average Bonchev–Trinajstić information content (AvgIpc) is 2.63. The zero-order valence-corrected chi connectivity index (χ0v) is 12.1. The molecule has 0 atom stereocenters. The van der Waals surface area contributed by atoms with Crippen LogP contribution in [-0.4, -0.2) is 34.3 Å². The molecule has 1 aliphatic heterocycles. The quantitative estimate of drug-likeness (QED) is 0.922. The van der Waals surface area contributed by atoms with Gasteiger partial charge in [0, 0.05) is 54.2 Å². The first-order valence-electron chi connectivity index (χ1n) is 6.29. The van der Waals surface area contributed by atoms with Gasteiger partial charge >= 0.3 is 0 Å². The minimum atomic E-state index is 0.242. The zero-order chi connectivity index (χ0) is 12.7. The van der Waals surface area contributed by atoms with Crippen molar-refractivity contribution >= 4 is 26.8 Å². The van der Waals surface area contributed by atoms with Crippen molar-refractivity contribution in [3.05, 3.63) is 33.9 Å². The molecule has 18 heavy (non-hydrogen) atoms. The van der Waals surface area contributed by atoms with Crippen LogP contribution in [0.4, 0.5) is 0 Å². The number of aliphatic hydroxyl groups is 1. The van der Waals surface area contributed by atoms with E-state index in [1.165, 1.54) is 22.2 Å². The third-order valence-electron chi connectivity index (χ3n) is 3.86. The van der Waals surface area contributed by atoms with Crippen LogP contribution < -0.4 is 0 Å². The monoisotopic (exact) mass is 308 g/mol. The van der Waals surface area contributed by atoms with E-state index in [2.05, 4.69) is 50.6 Å². The predicted octanol–water partition coefficient (Wildman–Crippen LogP) is 2.29. The Bertz CT molecular complexity index is 591. The van der Waals surface area contributed by atoms with Gasteiger partial charge in [0.2, 0.25) is 0 Å². The maximum absolute atomic E-state index is 9.07. The van der Waals surface area contributed by atoms with Crippen LogP contribution in [0, 0.1) is 0 Å². The molecule has 0 bridgehead atoms. The molecule has 0 saturated heterocycles. The first-order valence-corrected chi connectivity index (χ1v) is 7.09. The van der Waals surface area contributed by atoms with Gasteiger partial charge in [-0.2, -0.15) is 0 Å². The van der Waals surface area contributed by atoms with E-state index in [4.69, 9.17) is 5.11 Å². The summed E-state index contributed by atoms with van der Waals surface area (Å²) in [5.41, 5.74) is 4.16. The van der Waals surface area contributed by atoms with Crippen LogP contribution in [0.25, 0.3) is 10.9 Å². The van der Waals surface area contributed by atoms with Crippen molar-refractivity contribution in [1.29, 1.82) is 0 Å². The van der Waals surface area contributed by atoms with Crippen molar-refractivity contribution in [1.82, 2.24) is 9.47 Å². The molecule has 1 aliphatic rings. The Morgan fingerprint density at radius 2 is 2.22 bits per heavy atom. The second kappa shape index (κ2) is 4.68. The number of aryl methyl sites for hydroxylation is 1. The molecule has 0 amide bonds. The molecule has 0 radical (unpaired) electrons. The van der Waals surface area contributed by atoms with Gasteiger partial charge in [-0.1, -0.05) is 22.0 Å². The molecule has 0 aliphatic carbocycles. The predicted molar refractivity (Wildman–Crippen MR) is 76.7 cm³/mol. The van der Waals surface area contributed by atoms with Gasteiger partial charge in [0.25, 0.3) is 0 Å². The number of fused-ring (bicyclic) bond motifs is 3. The molecule has 0 spiro atoms. The Balaban J connectivity index is 2.11. The van der Waals surface area contributed by atoms with Crippen LogP contribution in [-0.2, 0) is 20.0 Å². The summed E-state index contributed by atoms with van der Waals surface area (Å²) in [6, 6.07) is 6.48. The Hall–Kier alpha value is -0.840. The molecule has 2 aromatic rings. The van der Waals surface area contributed by atoms with Gasteiger partial charge in [-0.25, -0.2) is 0 Å². The Morgan fingerprint density at radius 1 is 1.39 bits per heavy atom. The lowest BCUT2D eigenvalue weighted by atomic mass is 10.0. The Morgan fingerprint density at radius 3 is 3.00 bits per heavy atom. The van der Waals surface area contributed by atoms with Gasteiger partial charge in [-0.3, -0.25) is 4.90 Å². The van der Waals surface area contributed by atoms with Crippen molar-refractivity contribution in [3.63, 3.8) is 0 Å². The summed E-state index contributed by atoms with van der Waals surface area (Å²) in [4.78, 5) is 2.32. The second-order valence-corrected chi connectivity index (χ2v) is 5.81. The number of rotatable bonds is 2. The van der Waals surface area contributed by atoms with E-state index in [0.29, 0.717) is 0 Å². The number of aliphatic hydroxyl groups excluding tert-OH is 1. The molecule has 3 rings (SSSR count). The highest BCUT2D eigenvalue weighted by atomic mass is 79.9. The summed E-state index contributed by atoms with van der Waals surface area (Å²) >= 11 is 3.54.